The molecule has 1 fully saturated rings. The number of hydrogen-bond donors (Lipinski definition) is 1. The van der Waals surface area contributed by atoms with E-state index in [4.69, 9.17) is 5.73 Å². The molecule has 4 heteroatoms. The fraction of sp³-hybridized carbons (Fsp3) is 0.917. The summed E-state index contributed by atoms with van der Waals surface area (Å²) >= 11 is 0. The number of nitrogens with two attached hydrogens (primary N) is 1. The zero-order valence-electron chi connectivity index (χ0n) is 10.8. The molecule has 0 aromatic carbocycles. The van der Waals surface area contributed by atoms with Gasteiger partial charge in [-0.15, -0.1) is 0 Å². The maximum absolute atomic E-state index is 11.4. The highest BCUT2D eigenvalue weighted by molar-refractivity contribution is 5.73. The van der Waals surface area contributed by atoms with Gasteiger partial charge in [-0.3, -0.25) is 9.69 Å². The van der Waals surface area contributed by atoms with E-state index in [1.807, 2.05) is 4.90 Å². The van der Waals surface area contributed by atoms with Crippen LogP contribution in [0.5, 0.6) is 0 Å². The van der Waals surface area contributed by atoms with Crippen molar-refractivity contribution in [2.45, 2.75) is 45.7 Å². The number of carbonyl (C=O) groups excluding carboxylic acids is 1. The Morgan fingerprint density at radius 1 is 1.56 bits per heavy atom. The number of hydrogen-bond acceptors (Lipinski definition) is 3. The summed E-state index contributed by atoms with van der Waals surface area (Å²) in [5, 5.41) is 0. The quantitative estimate of drug-likeness (QED) is 0.768. The minimum atomic E-state index is 0.196. The van der Waals surface area contributed by atoms with Crippen molar-refractivity contribution in [2.75, 3.05) is 26.2 Å². The van der Waals surface area contributed by atoms with Crippen molar-refractivity contribution in [1.29, 1.82) is 0 Å². The third-order valence-electron chi connectivity index (χ3n) is 3.36. The molecule has 0 aromatic rings. The minimum Gasteiger partial charge on any atom is -0.341 e. The van der Waals surface area contributed by atoms with E-state index in [-0.39, 0.29) is 5.91 Å². The normalized spacial score (nSPS) is 21.9. The van der Waals surface area contributed by atoms with Crippen LogP contribution in [0.25, 0.3) is 0 Å². The molecule has 1 atom stereocenters. The van der Waals surface area contributed by atoms with E-state index in [1.165, 1.54) is 6.42 Å². The molecule has 0 radical (unpaired) electrons. The van der Waals surface area contributed by atoms with E-state index < -0.39 is 0 Å². The van der Waals surface area contributed by atoms with Crippen LogP contribution in [0.15, 0.2) is 0 Å². The van der Waals surface area contributed by atoms with Crippen molar-refractivity contribution < 1.29 is 4.79 Å². The SMILES string of the molecule is CC(=O)N1CCC[C@@H](N(CCN)C(C)C)C1. The van der Waals surface area contributed by atoms with E-state index in [1.54, 1.807) is 6.92 Å². The van der Waals surface area contributed by atoms with Gasteiger partial charge >= 0.3 is 0 Å². The van der Waals surface area contributed by atoms with Gasteiger partial charge in [-0.1, -0.05) is 0 Å². The van der Waals surface area contributed by atoms with Crippen molar-refractivity contribution in [3.63, 3.8) is 0 Å². The maximum atomic E-state index is 11.4. The number of carbonyl (C=O) groups is 1. The highest BCUT2D eigenvalue weighted by Crippen LogP contribution is 2.17. The molecule has 0 aliphatic carbocycles. The summed E-state index contributed by atoms with van der Waals surface area (Å²) in [6.45, 7) is 9.45. The smallest absolute Gasteiger partial charge is 0.219 e. The van der Waals surface area contributed by atoms with Crippen LogP contribution in [0.4, 0.5) is 0 Å². The van der Waals surface area contributed by atoms with E-state index in [0.29, 0.717) is 18.6 Å². The molecule has 0 spiro atoms. The van der Waals surface area contributed by atoms with Crippen molar-refractivity contribution in [3.8, 4) is 0 Å². The Hall–Kier alpha value is -0.610. The second kappa shape index (κ2) is 6.21. The van der Waals surface area contributed by atoms with Gasteiger partial charge in [-0.2, -0.15) is 0 Å². The van der Waals surface area contributed by atoms with Crippen molar-refractivity contribution >= 4 is 5.91 Å². The van der Waals surface area contributed by atoms with Crippen LogP contribution in [-0.2, 0) is 4.79 Å². The maximum Gasteiger partial charge on any atom is 0.219 e. The van der Waals surface area contributed by atoms with Gasteiger partial charge in [-0.05, 0) is 26.7 Å². The Labute approximate surface area is 98.8 Å². The second-order valence-corrected chi connectivity index (χ2v) is 4.88. The third-order valence-corrected chi connectivity index (χ3v) is 3.36. The summed E-state index contributed by atoms with van der Waals surface area (Å²) in [5.41, 5.74) is 5.65. The number of piperidine rings is 1. The molecule has 1 aliphatic rings. The first-order chi connectivity index (χ1) is 7.56. The molecule has 1 aliphatic heterocycles. The zero-order chi connectivity index (χ0) is 12.1. The average Bonchev–Trinajstić information content (AvgIpc) is 2.25. The molecule has 1 saturated heterocycles. The standard InChI is InChI=1S/C12H25N3O/c1-10(2)15(8-6-13)12-5-4-7-14(9-12)11(3)16/h10,12H,4-9,13H2,1-3H3/t12-/m1/s1. The molecular weight excluding hydrogens is 202 g/mol. The van der Waals surface area contributed by atoms with Crippen LogP contribution in [0, 0.1) is 0 Å². The first-order valence-corrected chi connectivity index (χ1v) is 6.27. The fourth-order valence-electron chi connectivity index (χ4n) is 2.52. The Morgan fingerprint density at radius 3 is 2.75 bits per heavy atom. The lowest BCUT2D eigenvalue weighted by Crippen LogP contribution is -2.52. The van der Waals surface area contributed by atoms with Gasteiger partial charge in [0.05, 0.1) is 0 Å². The number of likely N-dealkylation sites (tertiary alicyclic amines) is 1. The molecule has 1 amide bonds. The fourth-order valence-corrected chi connectivity index (χ4v) is 2.52. The van der Waals surface area contributed by atoms with Crippen LogP contribution >= 0.6 is 0 Å². The molecular formula is C12H25N3O. The van der Waals surface area contributed by atoms with E-state index in [2.05, 4.69) is 18.7 Å². The first-order valence-electron chi connectivity index (χ1n) is 6.27. The van der Waals surface area contributed by atoms with Crippen LogP contribution in [-0.4, -0.2) is 54.0 Å². The number of nitrogens with zero attached hydrogens (tertiary/aromatic N) is 2. The summed E-state index contributed by atoms with van der Waals surface area (Å²) in [6, 6.07) is 0.988. The van der Waals surface area contributed by atoms with E-state index >= 15 is 0 Å². The summed E-state index contributed by atoms with van der Waals surface area (Å²) in [4.78, 5) is 15.8. The van der Waals surface area contributed by atoms with Gasteiger partial charge in [0.1, 0.15) is 0 Å². The summed E-state index contributed by atoms with van der Waals surface area (Å²) in [7, 11) is 0. The van der Waals surface area contributed by atoms with Crippen LogP contribution in [0.3, 0.4) is 0 Å². The lowest BCUT2D eigenvalue weighted by molar-refractivity contribution is -0.131. The van der Waals surface area contributed by atoms with E-state index in [0.717, 1.165) is 26.1 Å². The summed E-state index contributed by atoms with van der Waals surface area (Å²) in [5.74, 6) is 0.196. The van der Waals surface area contributed by atoms with Crippen molar-refractivity contribution in [2.24, 2.45) is 5.73 Å². The van der Waals surface area contributed by atoms with E-state index in [9.17, 15) is 4.79 Å². The Morgan fingerprint density at radius 2 is 2.25 bits per heavy atom. The molecule has 4 nitrogen and oxygen atoms in total. The van der Waals surface area contributed by atoms with Crippen molar-refractivity contribution in [3.05, 3.63) is 0 Å². The lowest BCUT2D eigenvalue weighted by Gasteiger charge is -2.41. The van der Waals surface area contributed by atoms with Crippen LogP contribution in [0.1, 0.15) is 33.6 Å². The minimum absolute atomic E-state index is 0.196. The highest BCUT2D eigenvalue weighted by atomic mass is 16.2. The third kappa shape index (κ3) is 3.46. The van der Waals surface area contributed by atoms with Gasteiger partial charge in [0.2, 0.25) is 5.91 Å². The van der Waals surface area contributed by atoms with Gasteiger partial charge in [0, 0.05) is 45.2 Å². The van der Waals surface area contributed by atoms with Gasteiger partial charge < -0.3 is 10.6 Å². The van der Waals surface area contributed by atoms with Crippen LogP contribution in [0.2, 0.25) is 0 Å². The van der Waals surface area contributed by atoms with Crippen LogP contribution < -0.4 is 5.73 Å². The molecule has 0 aromatic heterocycles. The topological polar surface area (TPSA) is 49.6 Å². The predicted molar refractivity (Wildman–Crippen MR) is 66.2 cm³/mol. The molecule has 16 heavy (non-hydrogen) atoms. The largest absolute Gasteiger partial charge is 0.341 e. The Balaban J connectivity index is 2.59. The van der Waals surface area contributed by atoms with Crippen molar-refractivity contribution in [1.82, 2.24) is 9.80 Å². The molecule has 1 rings (SSSR count). The first kappa shape index (κ1) is 13.5. The molecule has 2 N–H and O–H groups in total. The highest BCUT2D eigenvalue weighted by Gasteiger charge is 2.27. The van der Waals surface area contributed by atoms with Gasteiger partial charge in [0.15, 0.2) is 0 Å². The Kier molecular flexibility index (Phi) is 5.22. The molecule has 94 valence electrons. The summed E-state index contributed by atoms with van der Waals surface area (Å²) in [6.07, 6.45) is 2.29. The number of rotatable bonds is 4. The average molecular weight is 227 g/mol. The van der Waals surface area contributed by atoms with Gasteiger partial charge in [0.25, 0.3) is 0 Å². The predicted octanol–water partition coefficient (Wildman–Crippen LogP) is 0.666. The second-order valence-electron chi connectivity index (χ2n) is 4.88. The molecule has 0 bridgehead atoms. The zero-order valence-corrected chi connectivity index (χ0v) is 10.8. The molecule has 0 saturated carbocycles. The molecule has 0 unspecified atom stereocenters. The molecule has 1 heterocycles. The number of amides is 1. The lowest BCUT2D eigenvalue weighted by atomic mass is 10.0. The van der Waals surface area contributed by atoms with Gasteiger partial charge in [-0.25, -0.2) is 0 Å². The monoisotopic (exact) mass is 227 g/mol. The summed E-state index contributed by atoms with van der Waals surface area (Å²) < 4.78 is 0. The Bertz CT molecular complexity index is 230.